The molecule has 0 aliphatic carbocycles. The van der Waals surface area contributed by atoms with Crippen LogP contribution in [-0.2, 0) is 9.53 Å². The molecular formula is C23H27N5O3. The molecule has 1 N–H and O–H groups in total. The second-order valence-electron chi connectivity index (χ2n) is 7.82. The highest BCUT2D eigenvalue weighted by molar-refractivity contribution is 5.92. The Balaban J connectivity index is 1.47. The second kappa shape index (κ2) is 8.85. The maximum atomic E-state index is 12.4. The van der Waals surface area contributed by atoms with Crippen LogP contribution >= 0.6 is 0 Å². The topological polar surface area (TPSA) is 91.2 Å². The van der Waals surface area contributed by atoms with Crippen molar-refractivity contribution < 1.29 is 14.3 Å². The molecule has 0 radical (unpaired) electrons. The lowest BCUT2D eigenvalue weighted by Gasteiger charge is -2.21. The van der Waals surface area contributed by atoms with Crippen molar-refractivity contribution in [3.63, 3.8) is 0 Å². The van der Waals surface area contributed by atoms with Gasteiger partial charge in [0, 0.05) is 36.6 Å². The van der Waals surface area contributed by atoms with E-state index in [9.17, 15) is 4.79 Å². The molecule has 1 aliphatic rings. The summed E-state index contributed by atoms with van der Waals surface area (Å²) in [5.41, 5.74) is 3.87. The maximum absolute atomic E-state index is 12.4. The van der Waals surface area contributed by atoms with Gasteiger partial charge >= 0.3 is 0 Å². The summed E-state index contributed by atoms with van der Waals surface area (Å²) >= 11 is 0. The van der Waals surface area contributed by atoms with Gasteiger partial charge in [0.05, 0.1) is 5.69 Å². The molecule has 162 valence electrons. The molecule has 0 bridgehead atoms. The summed E-state index contributed by atoms with van der Waals surface area (Å²) in [4.78, 5) is 21.3. The fourth-order valence-electron chi connectivity index (χ4n) is 3.56. The van der Waals surface area contributed by atoms with Crippen LogP contribution < -0.4 is 10.1 Å². The van der Waals surface area contributed by atoms with Gasteiger partial charge in [0.2, 0.25) is 11.8 Å². The summed E-state index contributed by atoms with van der Waals surface area (Å²) < 4.78 is 13.1. The van der Waals surface area contributed by atoms with Crippen LogP contribution in [0, 0.1) is 33.6 Å². The number of nitrogens with one attached hydrogen (secondary N) is 1. The number of ether oxygens (including phenoxy) is 2. The van der Waals surface area contributed by atoms with E-state index in [1.165, 1.54) is 0 Å². The Bertz CT molecular complexity index is 1090. The van der Waals surface area contributed by atoms with Crippen molar-refractivity contribution in [3.8, 4) is 17.4 Å². The van der Waals surface area contributed by atoms with Gasteiger partial charge in [-0.2, -0.15) is 10.1 Å². The minimum absolute atomic E-state index is 0.00474. The predicted octanol–water partition coefficient (Wildman–Crippen LogP) is 4.05. The van der Waals surface area contributed by atoms with Crippen LogP contribution in [0.15, 0.2) is 30.3 Å². The highest BCUT2D eigenvalue weighted by Gasteiger charge is 2.21. The van der Waals surface area contributed by atoms with Gasteiger partial charge in [0.25, 0.3) is 0 Å². The average molecular weight is 422 g/mol. The third kappa shape index (κ3) is 4.74. The Morgan fingerprint density at radius 3 is 2.45 bits per heavy atom. The zero-order valence-corrected chi connectivity index (χ0v) is 18.3. The van der Waals surface area contributed by atoms with Crippen molar-refractivity contribution in [2.24, 2.45) is 5.92 Å². The first-order valence-electron chi connectivity index (χ1n) is 10.5. The van der Waals surface area contributed by atoms with E-state index in [1.54, 1.807) is 10.7 Å². The van der Waals surface area contributed by atoms with E-state index in [1.807, 2.05) is 52.0 Å². The molecule has 0 unspecified atom stereocenters. The Morgan fingerprint density at radius 2 is 1.81 bits per heavy atom. The summed E-state index contributed by atoms with van der Waals surface area (Å²) in [5.74, 6) is 2.36. The second-order valence-corrected chi connectivity index (χ2v) is 7.82. The SMILES string of the molecule is Cc1nc(Oc2ccc(NC(=O)C3CCOCC3)cc2)cc(-n2nc(C)c(C)c2C)n1. The minimum atomic E-state index is 0.00474. The molecule has 8 nitrogen and oxygen atoms in total. The van der Waals surface area contributed by atoms with Crippen LogP contribution in [0.1, 0.15) is 35.6 Å². The number of hydrogen-bond acceptors (Lipinski definition) is 6. The quantitative estimate of drug-likeness (QED) is 0.668. The van der Waals surface area contributed by atoms with E-state index >= 15 is 0 Å². The van der Waals surface area contributed by atoms with Gasteiger partial charge in [0.15, 0.2) is 5.82 Å². The first kappa shape index (κ1) is 21.0. The molecule has 4 rings (SSSR count). The van der Waals surface area contributed by atoms with E-state index in [4.69, 9.17) is 9.47 Å². The summed E-state index contributed by atoms with van der Waals surface area (Å²) in [7, 11) is 0. The number of benzene rings is 1. The largest absolute Gasteiger partial charge is 0.439 e. The van der Waals surface area contributed by atoms with Gasteiger partial charge in [0.1, 0.15) is 11.6 Å². The monoisotopic (exact) mass is 421 g/mol. The van der Waals surface area contributed by atoms with E-state index in [-0.39, 0.29) is 11.8 Å². The Labute approximate surface area is 181 Å². The van der Waals surface area contributed by atoms with Crippen LogP contribution in [-0.4, -0.2) is 38.9 Å². The predicted molar refractivity (Wildman–Crippen MR) is 117 cm³/mol. The first-order valence-corrected chi connectivity index (χ1v) is 10.5. The van der Waals surface area contributed by atoms with E-state index in [2.05, 4.69) is 20.4 Å². The smallest absolute Gasteiger partial charge is 0.227 e. The lowest BCUT2D eigenvalue weighted by atomic mass is 9.99. The number of carbonyl (C=O) groups is 1. The zero-order valence-electron chi connectivity index (χ0n) is 18.3. The number of aryl methyl sites for hydroxylation is 2. The van der Waals surface area contributed by atoms with Gasteiger partial charge in [-0.25, -0.2) is 9.67 Å². The molecule has 1 aromatic carbocycles. The molecule has 8 heteroatoms. The van der Waals surface area contributed by atoms with Gasteiger partial charge in [-0.15, -0.1) is 0 Å². The highest BCUT2D eigenvalue weighted by Crippen LogP contribution is 2.25. The van der Waals surface area contributed by atoms with Crippen molar-refractivity contribution in [3.05, 3.63) is 53.1 Å². The normalized spacial score (nSPS) is 14.5. The van der Waals surface area contributed by atoms with E-state index < -0.39 is 0 Å². The summed E-state index contributed by atoms with van der Waals surface area (Å²) in [6.45, 7) is 9.14. The molecule has 0 spiro atoms. The zero-order chi connectivity index (χ0) is 22.0. The van der Waals surface area contributed by atoms with Crippen LogP contribution in [0.4, 0.5) is 5.69 Å². The van der Waals surface area contributed by atoms with Crippen molar-refractivity contribution in [2.75, 3.05) is 18.5 Å². The third-order valence-electron chi connectivity index (χ3n) is 5.61. The lowest BCUT2D eigenvalue weighted by molar-refractivity contribution is -0.122. The lowest BCUT2D eigenvalue weighted by Crippen LogP contribution is -2.28. The molecule has 3 heterocycles. The maximum Gasteiger partial charge on any atom is 0.227 e. The molecule has 0 saturated carbocycles. The van der Waals surface area contributed by atoms with Crippen LogP contribution in [0.3, 0.4) is 0 Å². The molecule has 0 atom stereocenters. The van der Waals surface area contributed by atoms with Crippen LogP contribution in [0.2, 0.25) is 0 Å². The summed E-state index contributed by atoms with van der Waals surface area (Å²) in [6.07, 6.45) is 1.52. The van der Waals surface area contributed by atoms with Gasteiger partial charge in [-0.05, 0) is 70.4 Å². The average Bonchev–Trinajstić information content (AvgIpc) is 3.02. The number of rotatable bonds is 5. The molecule has 1 amide bonds. The van der Waals surface area contributed by atoms with Crippen molar-refractivity contribution >= 4 is 11.6 Å². The molecule has 2 aromatic heterocycles. The molecule has 1 fully saturated rings. The third-order valence-corrected chi connectivity index (χ3v) is 5.61. The van der Waals surface area contributed by atoms with E-state index in [0.717, 1.165) is 35.5 Å². The van der Waals surface area contributed by atoms with Gasteiger partial charge < -0.3 is 14.8 Å². The van der Waals surface area contributed by atoms with Crippen LogP contribution in [0.25, 0.3) is 5.82 Å². The van der Waals surface area contributed by atoms with Gasteiger partial charge in [-0.1, -0.05) is 0 Å². The Kier molecular flexibility index (Phi) is 5.99. The first-order chi connectivity index (χ1) is 14.9. The molecule has 1 saturated heterocycles. The molecular weight excluding hydrogens is 394 g/mol. The summed E-state index contributed by atoms with van der Waals surface area (Å²) in [6, 6.07) is 9.04. The number of aromatic nitrogens is 4. The fraction of sp³-hybridized carbons (Fsp3) is 0.391. The van der Waals surface area contributed by atoms with Crippen molar-refractivity contribution in [1.29, 1.82) is 0 Å². The highest BCUT2D eigenvalue weighted by atomic mass is 16.5. The molecule has 3 aromatic rings. The number of nitrogens with zero attached hydrogens (tertiary/aromatic N) is 4. The van der Waals surface area contributed by atoms with Crippen molar-refractivity contribution in [2.45, 2.75) is 40.5 Å². The minimum Gasteiger partial charge on any atom is -0.439 e. The number of hydrogen-bond donors (Lipinski definition) is 1. The van der Waals surface area contributed by atoms with Gasteiger partial charge in [-0.3, -0.25) is 4.79 Å². The van der Waals surface area contributed by atoms with Crippen molar-refractivity contribution in [1.82, 2.24) is 19.7 Å². The Hall–Kier alpha value is -3.26. The number of amides is 1. The number of anilines is 1. The molecule has 31 heavy (non-hydrogen) atoms. The standard InChI is InChI=1S/C23H27N5O3/c1-14-15(2)27-28(16(14)3)21-13-22(25-17(4)24-21)31-20-7-5-19(6-8-20)26-23(29)18-9-11-30-12-10-18/h5-8,13,18H,9-12H2,1-4H3,(H,26,29). The van der Waals surface area contributed by atoms with E-state index in [0.29, 0.717) is 36.5 Å². The summed E-state index contributed by atoms with van der Waals surface area (Å²) in [5, 5.41) is 7.54. The number of carbonyl (C=O) groups excluding carboxylic acids is 1. The fourth-order valence-corrected chi connectivity index (χ4v) is 3.56. The Morgan fingerprint density at radius 1 is 1.10 bits per heavy atom. The van der Waals surface area contributed by atoms with Crippen LogP contribution in [0.5, 0.6) is 11.6 Å². The molecule has 1 aliphatic heterocycles.